The molecule has 3 heteroatoms. The van der Waals surface area contributed by atoms with Crippen LogP contribution in [0, 0.1) is 17.8 Å². The van der Waals surface area contributed by atoms with Crippen LogP contribution in [0.25, 0.3) is 0 Å². The van der Waals surface area contributed by atoms with Gasteiger partial charge in [-0.2, -0.15) is 0 Å². The van der Waals surface area contributed by atoms with Gasteiger partial charge >= 0.3 is 0 Å². The summed E-state index contributed by atoms with van der Waals surface area (Å²) in [5.41, 5.74) is 0.150. The van der Waals surface area contributed by atoms with Gasteiger partial charge in [-0.05, 0) is 17.8 Å². The van der Waals surface area contributed by atoms with Crippen LogP contribution in [0.4, 0.5) is 0 Å². The van der Waals surface area contributed by atoms with E-state index in [1.165, 1.54) is 0 Å². The molecule has 0 amide bonds. The van der Waals surface area contributed by atoms with Gasteiger partial charge in [0.2, 0.25) is 7.37 Å². The maximum Gasteiger partial charge on any atom is 0.204 e. The second kappa shape index (κ2) is 1.67. The third kappa shape index (κ3) is 0.573. The lowest BCUT2D eigenvalue weighted by atomic mass is 9.68. The Kier molecular flexibility index (Phi) is 1.15. The van der Waals surface area contributed by atoms with Crippen molar-refractivity contribution < 1.29 is 9.46 Å². The molecule has 1 saturated carbocycles. The van der Waals surface area contributed by atoms with E-state index in [9.17, 15) is 9.46 Å². The molecule has 1 aliphatic carbocycles. The third-order valence-corrected chi connectivity index (χ3v) is 6.18. The first-order valence-corrected chi connectivity index (χ1v) is 5.77. The molecule has 0 aromatic heterocycles. The summed E-state index contributed by atoms with van der Waals surface area (Å²) < 4.78 is 11.4. The van der Waals surface area contributed by atoms with E-state index in [-0.39, 0.29) is 5.66 Å². The van der Waals surface area contributed by atoms with E-state index in [2.05, 4.69) is 13.8 Å². The van der Waals surface area contributed by atoms with Crippen LogP contribution in [0.15, 0.2) is 0 Å². The van der Waals surface area contributed by atoms with E-state index in [1.54, 1.807) is 0 Å². The molecular weight excluding hydrogens is 147 g/mol. The van der Waals surface area contributed by atoms with Crippen LogP contribution in [-0.4, -0.2) is 16.7 Å². The molecular formula is C7H13O2P. The standard InChI is InChI=1S/C7H13O2P/c1-4-6-3-10(8,9)7(4)5(6)2/h4-7H,3H2,1-2H3,(H,8,9)/t4-,5?,6?,7?/m1/s1. The van der Waals surface area contributed by atoms with E-state index in [0.29, 0.717) is 23.9 Å². The molecule has 0 aromatic carbocycles. The fourth-order valence-electron chi connectivity index (χ4n) is 2.81. The van der Waals surface area contributed by atoms with Crippen molar-refractivity contribution in [3.63, 3.8) is 0 Å². The predicted molar refractivity (Wildman–Crippen MR) is 40.3 cm³/mol. The number of hydrogen-bond acceptors (Lipinski definition) is 1. The Morgan fingerprint density at radius 1 is 1.40 bits per heavy atom. The van der Waals surface area contributed by atoms with Crippen LogP contribution >= 0.6 is 7.37 Å². The normalized spacial score (nSPS) is 65.9. The van der Waals surface area contributed by atoms with E-state index in [1.807, 2.05) is 0 Å². The maximum absolute atomic E-state index is 11.4. The summed E-state index contributed by atoms with van der Waals surface area (Å²) in [6, 6.07) is 0. The zero-order valence-corrected chi connectivity index (χ0v) is 7.21. The molecule has 2 bridgehead atoms. The van der Waals surface area contributed by atoms with E-state index >= 15 is 0 Å². The van der Waals surface area contributed by atoms with Gasteiger partial charge in [0.15, 0.2) is 0 Å². The highest BCUT2D eigenvalue weighted by Crippen LogP contribution is 2.72. The zero-order chi connectivity index (χ0) is 7.52. The average molecular weight is 160 g/mol. The largest absolute Gasteiger partial charge is 0.344 e. The van der Waals surface area contributed by atoms with Crippen molar-refractivity contribution >= 4 is 7.37 Å². The molecule has 1 N–H and O–H groups in total. The smallest absolute Gasteiger partial charge is 0.204 e. The average Bonchev–Trinajstić information content (AvgIpc) is 2.17. The molecule has 2 aliphatic heterocycles. The molecule has 0 radical (unpaired) electrons. The van der Waals surface area contributed by atoms with E-state index in [0.717, 1.165) is 0 Å². The Hall–Kier alpha value is 0.190. The van der Waals surface area contributed by atoms with Crippen LogP contribution in [0.5, 0.6) is 0 Å². The van der Waals surface area contributed by atoms with Gasteiger partial charge in [0.25, 0.3) is 0 Å². The zero-order valence-electron chi connectivity index (χ0n) is 6.32. The van der Waals surface area contributed by atoms with Gasteiger partial charge in [-0.3, -0.25) is 4.57 Å². The van der Waals surface area contributed by atoms with Crippen LogP contribution in [0.2, 0.25) is 0 Å². The van der Waals surface area contributed by atoms with Crippen molar-refractivity contribution in [2.75, 3.05) is 6.16 Å². The fraction of sp³-hybridized carbons (Fsp3) is 1.00. The van der Waals surface area contributed by atoms with Gasteiger partial charge < -0.3 is 4.89 Å². The van der Waals surface area contributed by atoms with Crippen LogP contribution in [0.3, 0.4) is 0 Å². The summed E-state index contributed by atoms with van der Waals surface area (Å²) in [5.74, 6) is 1.59. The van der Waals surface area contributed by atoms with Crippen molar-refractivity contribution in [1.29, 1.82) is 0 Å². The predicted octanol–water partition coefficient (Wildman–Crippen LogP) is 1.54. The second-order valence-corrected chi connectivity index (χ2v) is 6.28. The highest BCUT2D eigenvalue weighted by atomic mass is 31.2. The van der Waals surface area contributed by atoms with Gasteiger partial charge in [-0.1, -0.05) is 13.8 Å². The quantitative estimate of drug-likeness (QED) is 0.546. The van der Waals surface area contributed by atoms with Crippen molar-refractivity contribution in [3.8, 4) is 0 Å². The Morgan fingerprint density at radius 3 is 2.00 bits per heavy atom. The molecule has 3 aliphatic rings. The minimum Gasteiger partial charge on any atom is -0.344 e. The first-order valence-electron chi connectivity index (χ1n) is 3.85. The molecule has 3 rings (SSSR count). The number of rotatable bonds is 0. The monoisotopic (exact) mass is 160 g/mol. The van der Waals surface area contributed by atoms with Crippen LogP contribution in [0.1, 0.15) is 13.8 Å². The van der Waals surface area contributed by atoms with Gasteiger partial charge in [-0.25, -0.2) is 0 Å². The Labute approximate surface area is 61.1 Å². The molecule has 58 valence electrons. The molecule has 10 heavy (non-hydrogen) atoms. The number of hydrogen-bond donors (Lipinski definition) is 1. The molecule has 3 fully saturated rings. The molecule has 0 aromatic rings. The minimum atomic E-state index is -2.67. The summed E-state index contributed by atoms with van der Waals surface area (Å²) in [6.45, 7) is 4.20. The van der Waals surface area contributed by atoms with Gasteiger partial charge in [0.05, 0.1) is 0 Å². The topological polar surface area (TPSA) is 37.3 Å². The van der Waals surface area contributed by atoms with Crippen LogP contribution in [-0.2, 0) is 4.57 Å². The molecule has 2 saturated heterocycles. The Balaban J connectivity index is 2.33. The van der Waals surface area contributed by atoms with E-state index in [4.69, 9.17) is 0 Å². The lowest BCUT2D eigenvalue weighted by Crippen LogP contribution is -2.40. The van der Waals surface area contributed by atoms with Crippen molar-refractivity contribution in [2.45, 2.75) is 19.5 Å². The summed E-state index contributed by atoms with van der Waals surface area (Å²) in [7, 11) is -2.67. The highest BCUT2D eigenvalue weighted by Gasteiger charge is 2.62. The van der Waals surface area contributed by atoms with Crippen molar-refractivity contribution in [3.05, 3.63) is 0 Å². The van der Waals surface area contributed by atoms with Crippen LogP contribution < -0.4 is 0 Å². The minimum absolute atomic E-state index is 0.150. The summed E-state index contributed by atoms with van der Waals surface area (Å²) in [5, 5.41) is 0. The highest BCUT2D eigenvalue weighted by molar-refractivity contribution is 7.59. The first-order chi connectivity index (χ1) is 4.54. The van der Waals surface area contributed by atoms with Gasteiger partial charge in [0, 0.05) is 11.8 Å². The molecule has 4 unspecified atom stereocenters. The van der Waals surface area contributed by atoms with Gasteiger partial charge in [-0.15, -0.1) is 0 Å². The first kappa shape index (κ1) is 6.87. The Morgan fingerprint density at radius 2 is 1.90 bits per heavy atom. The van der Waals surface area contributed by atoms with Gasteiger partial charge in [0.1, 0.15) is 0 Å². The van der Waals surface area contributed by atoms with E-state index < -0.39 is 7.37 Å². The Bertz CT molecular complexity index is 204. The summed E-state index contributed by atoms with van der Waals surface area (Å²) >= 11 is 0. The lowest BCUT2D eigenvalue weighted by molar-refractivity contribution is 0.156. The molecule has 2 nitrogen and oxygen atoms in total. The maximum atomic E-state index is 11.4. The molecule has 0 spiro atoms. The van der Waals surface area contributed by atoms with Crippen molar-refractivity contribution in [2.24, 2.45) is 17.8 Å². The fourth-order valence-corrected chi connectivity index (χ4v) is 6.23. The molecule has 2 heterocycles. The lowest BCUT2D eigenvalue weighted by Gasteiger charge is -2.39. The summed E-state index contributed by atoms with van der Waals surface area (Å²) in [6.07, 6.45) is 0.597. The van der Waals surface area contributed by atoms with Crippen molar-refractivity contribution in [1.82, 2.24) is 0 Å². The summed E-state index contributed by atoms with van der Waals surface area (Å²) in [4.78, 5) is 9.40. The SMILES string of the molecule is CC1C2CP(=O)(O)C1[C@@H]2C. The number of fused-ring (bicyclic) bond motifs is 1. The second-order valence-electron chi connectivity index (χ2n) is 3.81. The molecule has 5 atom stereocenters. The third-order valence-electron chi connectivity index (χ3n) is 3.37.